The van der Waals surface area contributed by atoms with Gasteiger partial charge in [0.1, 0.15) is 12.1 Å². The molecule has 0 aliphatic rings. The predicted molar refractivity (Wildman–Crippen MR) is 104 cm³/mol. The number of aryl methyl sites for hydroxylation is 2. The fourth-order valence-corrected chi connectivity index (χ4v) is 2.67. The number of ether oxygens (including phenoxy) is 1. The van der Waals surface area contributed by atoms with Gasteiger partial charge in [-0.25, -0.2) is 4.98 Å². The zero-order valence-corrected chi connectivity index (χ0v) is 16.4. The number of rotatable bonds is 5. The van der Waals surface area contributed by atoms with E-state index >= 15 is 0 Å². The third-order valence-electron chi connectivity index (χ3n) is 4.21. The van der Waals surface area contributed by atoms with Crippen molar-refractivity contribution >= 4 is 28.8 Å². The fourth-order valence-electron chi connectivity index (χ4n) is 2.51. The van der Waals surface area contributed by atoms with Gasteiger partial charge in [-0.05, 0) is 55.3 Å². The SMILES string of the molecule is Cc1ccc(Oc2ncnc(Nc3cc(C(F)(F)F)ccc3Cl)c2[N+](=O)[O-])cc1C. The Kier molecular flexibility index (Phi) is 5.79. The Balaban J connectivity index is 2.01. The van der Waals surface area contributed by atoms with Crippen molar-refractivity contribution in [3.63, 3.8) is 0 Å². The molecule has 0 unspecified atom stereocenters. The maximum Gasteiger partial charge on any atom is 0.416 e. The zero-order valence-electron chi connectivity index (χ0n) is 15.6. The first-order valence-electron chi connectivity index (χ1n) is 8.44. The van der Waals surface area contributed by atoms with Crippen LogP contribution in [0.5, 0.6) is 11.6 Å². The molecule has 3 aromatic rings. The van der Waals surface area contributed by atoms with Crippen molar-refractivity contribution in [3.05, 3.63) is 74.6 Å². The Bertz CT molecular complexity index is 1120. The third-order valence-corrected chi connectivity index (χ3v) is 4.54. The van der Waals surface area contributed by atoms with Crippen LogP contribution in [0.25, 0.3) is 0 Å². The summed E-state index contributed by atoms with van der Waals surface area (Å²) < 4.78 is 44.5. The summed E-state index contributed by atoms with van der Waals surface area (Å²) in [5, 5.41) is 14.0. The molecule has 1 N–H and O–H groups in total. The molecule has 3 rings (SSSR count). The van der Waals surface area contributed by atoms with Crippen molar-refractivity contribution < 1.29 is 22.8 Å². The summed E-state index contributed by atoms with van der Waals surface area (Å²) in [6.07, 6.45) is -3.62. The molecule has 30 heavy (non-hydrogen) atoms. The number of nitrogens with zero attached hydrogens (tertiary/aromatic N) is 3. The van der Waals surface area contributed by atoms with E-state index in [9.17, 15) is 23.3 Å². The van der Waals surface area contributed by atoms with Gasteiger partial charge in [0.2, 0.25) is 5.82 Å². The molecule has 0 bridgehead atoms. The summed E-state index contributed by atoms with van der Waals surface area (Å²) in [6.45, 7) is 3.74. The van der Waals surface area contributed by atoms with E-state index in [2.05, 4.69) is 15.3 Å². The summed E-state index contributed by atoms with van der Waals surface area (Å²) in [6, 6.07) is 7.64. The van der Waals surface area contributed by atoms with Crippen LogP contribution in [0.4, 0.5) is 30.4 Å². The number of halogens is 4. The molecular weight excluding hydrogens is 425 g/mol. The van der Waals surface area contributed by atoms with E-state index in [-0.39, 0.29) is 22.4 Å². The Morgan fingerprint density at radius 2 is 1.83 bits per heavy atom. The molecule has 2 aromatic carbocycles. The van der Waals surface area contributed by atoms with E-state index in [4.69, 9.17) is 16.3 Å². The van der Waals surface area contributed by atoms with Crippen LogP contribution in [-0.2, 0) is 6.18 Å². The second-order valence-corrected chi connectivity index (χ2v) is 6.71. The van der Waals surface area contributed by atoms with Gasteiger partial charge in [0, 0.05) is 0 Å². The lowest BCUT2D eigenvalue weighted by atomic mass is 10.1. The van der Waals surface area contributed by atoms with Crippen LogP contribution >= 0.6 is 11.6 Å². The highest BCUT2D eigenvalue weighted by atomic mass is 35.5. The molecule has 0 saturated carbocycles. The molecule has 0 amide bonds. The van der Waals surface area contributed by atoms with E-state index in [1.807, 2.05) is 13.8 Å². The Morgan fingerprint density at radius 3 is 2.47 bits per heavy atom. The van der Waals surface area contributed by atoms with Gasteiger partial charge in [0.25, 0.3) is 0 Å². The van der Waals surface area contributed by atoms with Crippen molar-refractivity contribution in [1.29, 1.82) is 0 Å². The summed E-state index contributed by atoms with van der Waals surface area (Å²) in [7, 11) is 0. The van der Waals surface area contributed by atoms with Gasteiger partial charge < -0.3 is 10.1 Å². The highest BCUT2D eigenvalue weighted by Gasteiger charge is 2.32. The van der Waals surface area contributed by atoms with Gasteiger partial charge in [-0.1, -0.05) is 17.7 Å². The highest BCUT2D eigenvalue weighted by molar-refractivity contribution is 6.33. The van der Waals surface area contributed by atoms with Gasteiger partial charge in [-0.3, -0.25) is 10.1 Å². The molecule has 7 nitrogen and oxygen atoms in total. The van der Waals surface area contributed by atoms with Crippen LogP contribution in [0, 0.1) is 24.0 Å². The molecule has 11 heteroatoms. The van der Waals surface area contributed by atoms with Crippen LogP contribution < -0.4 is 10.1 Å². The molecule has 0 atom stereocenters. The quantitative estimate of drug-likeness (QED) is 0.376. The van der Waals surface area contributed by atoms with E-state index in [0.29, 0.717) is 5.75 Å². The first-order valence-corrected chi connectivity index (χ1v) is 8.82. The Hall–Kier alpha value is -3.40. The number of aromatic nitrogens is 2. The average Bonchev–Trinajstić information content (AvgIpc) is 2.65. The topological polar surface area (TPSA) is 90.2 Å². The first kappa shape index (κ1) is 21.3. The fraction of sp³-hybridized carbons (Fsp3) is 0.158. The molecule has 0 aliphatic heterocycles. The average molecular weight is 439 g/mol. The first-order chi connectivity index (χ1) is 14.1. The van der Waals surface area contributed by atoms with E-state index in [1.165, 1.54) is 0 Å². The Morgan fingerprint density at radius 1 is 1.10 bits per heavy atom. The number of hydrogen-bond donors (Lipinski definition) is 1. The summed E-state index contributed by atoms with van der Waals surface area (Å²) in [5.41, 5.74) is 0.0757. The lowest BCUT2D eigenvalue weighted by molar-refractivity contribution is -0.385. The van der Waals surface area contributed by atoms with Crippen molar-refractivity contribution in [2.45, 2.75) is 20.0 Å². The van der Waals surface area contributed by atoms with Crippen LogP contribution in [0.2, 0.25) is 5.02 Å². The van der Waals surface area contributed by atoms with Crippen LogP contribution in [0.3, 0.4) is 0 Å². The number of hydrogen-bond acceptors (Lipinski definition) is 6. The summed E-state index contributed by atoms with van der Waals surface area (Å²) in [4.78, 5) is 18.4. The van der Waals surface area contributed by atoms with Crippen molar-refractivity contribution in [2.75, 3.05) is 5.32 Å². The van der Waals surface area contributed by atoms with Gasteiger partial charge in [-0.2, -0.15) is 18.2 Å². The van der Waals surface area contributed by atoms with E-state index < -0.39 is 22.4 Å². The minimum absolute atomic E-state index is 0.0764. The Labute approximate surface area is 173 Å². The van der Waals surface area contributed by atoms with Gasteiger partial charge >= 0.3 is 17.7 Å². The van der Waals surface area contributed by atoms with Crippen LogP contribution in [0.1, 0.15) is 16.7 Å². The second kappa shape index (κ2) is 8.15. The number of anilines is 2. The molecule has 0 spiro atoms. The molecular formula is C19H14ClF3N4O3. The van der Waals surface area contributed by atoms with E-state index in [1.54, 1.807) is 18.2 Å². The molecule has 0 aliphatic carbocycles. The summed E-state index contributed by atoms with van der Waals surface area (Å²) in [5.74, 6) is -0.429. The minimum Gasteiger partial charge on any atom is -0.434 e. The third kappa shape index (κ3) is 4.60. The largest absolute Gasteiger partial charge is 0.434 e. The minimum atomic E-state index is -4.61. The lowest BCUT2D eigenvalue weighted by Crippen LogP contribution is -2.07. The predicted octanol–water partition coefficient (Wildman–Crippen LogP) is 6.21. The molecule has 0 radical (unpaired) electrons. The number of nitrogens with one attached hydrogen (secondary N) is 1. The van der Waals surface area contributed by atoms with Crippen LogP contribution in [-0.4, -0.2) is 14.9 Å². The molecule has 1 heterocycles. The van der Waals surface area contributed by atoms with Gasteiger partial charge in [-0.15, -0.1) is 0 Å². The number of benzene rings is 2. The maximum absolute atomic E-state index is 13.0. The van der Waals surface area contributed by atoms with Gasteiger partial charge in [0.05, 0.1) is 21.2 Å². The summed E-state index contributed by atoms with van der Waals surface area (Å²) >= 11 is 5.96. The standard InChI is InChI=1S/C19H14ClF3N4O3/c1-10-3-5-13(7-11(10)2)30-18-16(27(28)29)17(24-9-25-18)26-15-8-12(19(21,22)23)4-6-14(15)20/h3-9H,1-2H3,(H,24,25,26). The number of alkyl halides is 3. The molecule has 0 fully saturated rings. The van der Waals surface area contributed by atoms with Crippen molar-refractivity contribution in [1.82, 2.24) is 9.97 Å². The molecule has 0 saturated heterocycles. The molecule has 156 valence electrons. The zero-order chi connectivity index (χ0) is 22.1. The van der Waals surface area contributed by atoms with Gasteiger partial charge in [0.15, 0.2) is 0 Å². The monoisotopic (exact) mass is 438 g/mol. The lowest BCUT2D eigenvalue weighted by Gasteiger charge is -2.13. The highest BCUT2D eigenvalue weighted by Crippen LogP contribution is 2.39. The van der Waals surface area contributed by atoms with Crippen molar-refractivity contribution in [2.24, 2.45) is 0 Å². The normalized spacial score (nSPS) is 11.3. The second-order valence-electron chi connectivity index (χ2n) is 6.30. The van der Waals surface area contributed by atoms with E-state index in [0.717, 1.165) is 35.7 Å². The maximum atomic E-state index is 13.0. The number of nitro groups is 1. The molecule has 1 aromatic heterocycles. The smallest absolute Gasteiger partial charge is 0.416 e. The van der Waals surface area contributed by atoms with Crippen molar-refractivity contribution in [3.8, 4) is 11.6 Å². The van der Waals surface area contributed by atoms with Crippen LogP contribution in [0.15, 0.2) is 42.7 Å².